The van der Waals surface area contributed by atoms with Crippen LogP contribution in [0.3, 0.4) is 0 Å². The Morgan fingerprint density at radius 2 is 2.11 bits per heavy atom. The van der Waals surface area contributed by atoms with Crippen LogP contribution in [0.5, 0.6) is 0 Å². The fraction of sp³-hybridized carbons (Fsp3) is 0.100. The smallest absolute Gasteiger partial charge is 0.189 e. The Morgan fingerprint density at radius 3 is 2.95 bits per heavy atom. The molecule has 0 atom stereocenters. The fourth-order valence-corrected chi connectivity index (χ4v) is 3.03. The van der Waals surface area contributed by atoms with E-state index >= 15 is 0 Å². The third kappa shape index (κ3) is 2.65. The van der Waals surface area contributed by atoms with Crippen molar-refractivity contribution in [2.45, 2.75) is 15.2 Å². The molecule has 96 valence electrons. The summed E-state index contributed by atoms with van der Waals surface area (Å²) in [6, 6.07) is 1.70. The summed E-state index contributed by atoms with van der Waals surface area (Å²) in [5.41, 5.74) is 1.41. The lowest BCUT2D eigenvalue weighted by molar-refractivity contribution is 0.892. The highest BCUT2D eigenvalue weighted by Crippen LogP contribution is 2.30. The van der Waals surface area contributed by atoms with Crippen molar-refractivity contribution in [1.29, 1.82) is 0 Å². The van der Waals surface area contributed by atoms with Gasteiger partial charge in [0.2, 0.25) is 0 Å². The van der Waals surface area contributed by atoms with Gasteiger partial charge in [-0.2, -0.15) is 0 Å². The van der Waals surface area contributed by atoms with Crippen LogP contribution in [0.15, 0.2) is 33.9 Å². The number of halogens is 1. The second-order valence-electron chi connectivity index (χ2n) is 3.40. The van der Waals surface area contributed by atoms with Crippen molar-refractivity contribution in [2.75, 3.05) is 6.26 Å². The molecule has 19 heavy (non-hydrogen) atoms. The zero-order chi connectivity index (χ0) is 13.2. The van der Waals surface area contributed by atoms with Crippen LogP contribution >= 0.6 is 35.1 Å². The summed E-state index contributed by atoms with van der Waals surface area (Å²) in [7, 11) is 0. The molecule has 3 aromatic heterocycles. The number of aromatic amines is 1. The highest BCUT2D eigenvalue weighted by molar-refractivity contribution is 7.99. The highest BCUT2D eigenvalue weighted by Gasteiger charge is 2.10. The summed E-state index contributed by atoms with van der Waals surface area (Å²) in [6.07, 6.45) is 4.96. The van der Waals surface area contributed by atoms with Crippen molar-refractivity contribution in [1.82, 2.24) is 29.9 Å². The largest absolute Gasteiger partial charge is 0.341 e. The first-order valence-corrected chi connectivity index (χ1v) is 7.58. The molecule has 0 aromatic carbocycles. The lowest BCUT2D eigenvalue weighted by atomic mass is 10.6. The first-order chi connectivity index (χ1) is 9.26. The number of aromatic nitrogens is 6. The number of hydrogen-bond acceptors (Lipinski definition) is 7. The van der Waals surface area contributed by atoms with E-state index in [0.29, 0.717) is 16.0 Å². The molecule has 6 nitrogen and oxygen atoms in total. The van der Waals surface area contributed by atoms with E-state index in [4.69, 9.17) is 11.6 Å². The third-order valence-electron chi connectivity index (χ3n) is 2.22. The molecule has 0 bridgehead atoms. The molecular formula is C10H7ClN6S2. The molecule has 3 heterocycles. The van der Waals surface area contributed by atoms with E-state index in [2.05, 4.69) is 29.9 Å². The average molecular weight is 311 g/mol. The van der Waals surface area contributed by atoms with Crippen LogP contribution in [-0.4, -0.2) is 36.2 Å². The molecule has 0 fully saturated rings. The van der Waals surface area contributed by atoms with E-state index in [9.17, 15) is 0 Å². The van der Waals surface area contributed by atoms with Gasteiger partial charge in [0.25, 0.3) is 0 Å². The number of nitrogens with zero attached hydrogens (tertiary/aromatic N) is 5. The summed E-state index contributed by atoms with van der Waals surface area (Å²) in [4.78, 5) is 23.9. The Labute approximate surface area is 121 Å². The van der Waals surface area contributed by atoms with Gasteiger partial charge in [0.15, 0.2) is 10.8 Å². The predicted octanol–water partition coefficient (Wildman–Crippen LogP) is 2.67. The first kappa shape index (κ1) is 12.6. The van der Waals surface area contributed by atoms with Gasteiger partial charge < -0.3 is 4.98 Å². The van der Waals surface area contributed by atoms with Crippen molar-refractivity contribution in [3.8, 4) is 0 Å². The van der Waals surface area contributed by atoms with Gasteiger partial charge in [-0.25, -0.2) is 24.9 Å². The lowest BCUT2D eigenvalue weighted by Gasteiger charge is -2.03. The molecule has 0 aliphatic heterocycles. The number of imidazole rings is 1. The molecular weight excluding hydrogens is 304 g/mol. The van der Waals surface area contributed by atoms with Crippen molar-refractivity contribution >= 4 is 46.3 Å². The maximum Gasteiger partial charge on any atom is 0.189 e. The number of rotatable bonds is 3. The monoisotopic (exact) mass is 310 g/mol. The first-order valence-electron chi connectivity index (χ1n) is 5.17. The van der Waals surface area contributed by atoms with Crippen LogP contribution in [0, 0.1) is 0 Å². The molecule has 0 saturated heterocycles. The van der Waals surface area contributed by atoms with Gasteiger partial charge in [-0.05, 0) is 18.0 Å². The lowest BCUT2D eigenvalue weighted by Crippen LogP contribution is -1.91. The normalized spacial score (nSPS) is 11.1. The zero-order valence-corrected chi connectivity index (χ0v) is 12.1. The van der Waals surface area contributed by atoms with Crippen molar-refractivity contribution < 1.29 is 0 Å². The van der Waals surface area contributed by atoms with E-state index in [1.165, 1.54) is 29.9 Å². The molecule has 0 spiro atoms. The van der Waals surface area contributed by atoms with Gasteiger partial charge in [0, 0.05) is 6.07 Å². The van der Waals surface area contributed by atoms with E-state index in [-0.39, 0.29) is 0 Å². The van der Waals surface area contributed by atoms with Crippen molar-refractivity contribution in [2.24, 2.45) is 0 Å². The molecule has 0 aliphatic carbocycles. The van der Waals surface area contributed by atoms with Gasteiger partial charge in [-0.15, -0.1) is 0 Å². The van der Waals surface area contributed by atoms with E-state index in [0.717, 1.165) is 15.6 Å². The summed E-state index contributed by atoms with van der Waals surface area (Å²) in [6.45, 7) is 0. The second-order valence-corrected chi connectivity index (χ2v) is 5.57. The predicted molar refractivity (Wildman–Crippen MR) is 74.6 cm³/mol. The minimum Gasteiger partial charge on any atom is -0.341 e. The van der Waals surface area contributed by atoms with Crippen LogP contribution < -0.4 is 0 Å². The molecule has 0 aliphatic rings. The van der Waals surface area contributed by atoms with Gasteiger partial charge in [0.05, 0.1) is 6.33 Å². The Hall–Kier alpha value is -1.38. The number of hydrogen-bond donors (Lipinski definition) is 1. The molecule has 1 N–H and O–H groups in total. The summed E-state index contributed by atoms with van der Waals surface area (Å²) in [5, 5.41) is 2.53. The Balaban J connectivity index is 2.01. The molecule has 3 rings (SSSR count). The van der Waals surface area contributed by atoms with E-state index in [1.54, 1.807) is 12.4 Å². The Kier molecular flexibility index (Phi) is 3.54. The number of nitrogens with one attached hydrogen (secondary N) is 1. The molecule has 0 saturated carbocycles. The van der Waals surface area contributed by atoms with Crippen LogP contribution in [0.2, 0.25) is 5.15 Å². The van der Waals surface area contributed by atoms with Crippen LogP contribution in [-0.2, 0) is 0 Å². The van der Waals surface area contributed by atoms with Crippen molar-refractivity contribution in [3.05, 3.63) is 23.9 Å². The van der Waals surface area contributed by atoms with Crippen LogP contribution in [0.25, 0.3) is 11.2 Å². The molecule has 0 unspecified atom stereocenters. The Morgan fingerprint density at radius 1 is 1.21 bits per heavy atom. The van der Waals surface area contributed by atoms with Gasteiger partial charge in [0.1, 0.15) is 27.0 Å². The fourth-order valence-electron chi connectivity index (χ4n) is 1.44. The minimum absolute atomic E-state index is 0.414. The zero-order valence-electron chi connectivity index (χ0n) is 9.66. The quantitative estimate of drug-likeness (QED) is 0.452. The van der Waals surface area contributed by atoms with Gasteiger partial charge in [-0.3, -0.25) is 0 Å². The van der Waals surface area contributed by atoms with Gasteiger partial charge >= 0.3 is 0 Å². The standard InChI is InChI=1S/C10H7ClN6S2/c1-18-10-16-5(11)2-6(17-10)19-9-7-8(13-3-12-7)14-4-15-9/h2-4H,1H3,(H,12,13,14,15). The minimum atomic E-state index is 0.414. The maximum atomic E-state index is 5.96. The Bertz CT molecular complexity index is 731. The molecule has 3 aromatic rings. The summed E-state index contributed by atoms with van der Waals surface area (Å²) < 4.78 is 0. The highest BCUT2D eigenvalue weighted by atomic mass is 35.5. The topological polar surface area (TPSA) is 80.2 Å². The number of thioether (sulfide) groups is 1. The van der Waals surface area contributed by atoms with Crippen LogP contribution in [0.4, 0.5) is 0 Å². The summed E-state index contributed by atoms with van der Waals surface area (Å²) in [5.74, 6) is 0. The summed E-state index contributed by atoms with van der Waals surface area (Å²) >= 11 is 8.80. The number of H-pyrrole nitrogens is 1. The van der Waals surface area contributed by atoms with Crippen LogP contribution in [0.1, 0.15) is 0 Å². The van der Waals surface area contributed by atoms with E-state index in [1.807, 2.05) is 6.26 Å². The average Bonchev–Trinajstić information content (AvgIpc) is 2.87. The SMILES string of the molecule is CSc1nc(Cl)cc(Sc2ncnc3nc[nH]c23)n1. The van der Waals surface area contributed by atoms with E-state index < -0.39 is 0 Å². The van der Waals surface area contributed by atoms with Crippen molar-refractivity contribution in [3.63, 3.8) is 0 Å². The molecule has 0 radical (unpaired) electrons. The molecule has 0 amide bonds. The third-order valence-corrected chi connectivity index (χ3v) is 3.89. The molecule has 9 heteroatoms. The van der Waals surface area contributed by atoms with Gasteiger partial charge in [-0.1, -0.05) is 23.4 Å². The number of fused-ring (bicyclic) bond motifs is 1. The second kappa shape index (κ2) is 5.32. The maximum absolute atomic E-state index is 5.96.